The van der Waals surface area contributed by atoms with Crippen molar-refractivity contribution >= 4 is 11.8 Å². The van der Waals surface area contributed by atoms with Crippen LogP contribution in [0.3, 0.4) is 0 Å². The first kappa shape index (κ1) is 19.8. The van der Waals surface area contributed by atoms with E-state index in [1.54, 1.807) is 30.2 Å². The quantitative estimate of drug-likeness (QED) is 0.825. The summed E-state index contributed by atoms with van der Waals surface area (Å²) in [6, 6.07) is 12.5. The molecule has 2 aromatic rings. The lowest BCUT2D eigenvalue weighted by Gasteiger charge is -2.33. The number of para-hydroxylation sites is 1. The Morgan fingerprint density at radius 2 is 1.75 bits per heavy atom. The first-order valence-electron chi connectivity index (χ1n) is 9.51. The minimum atomic E-state index is -0.323. The average molecular weight is 382 g/mol. The monoisotopic (exact) mass is 382 g/mol. The van der Waals surface area contributed by atoms with Crippen LogP contribution < -0.4 is 10.1 Å². The highest BCUT2D eigenvalue weighted by molar-refractivity contribution is 5.96. The Labute approximate surface area is 165 Å². The minimum absolute atomic E-state index is 0.130. The fraction of sp³-hybridized carbons (Fsp3) is 0.381. The molecule has 1 fully saturated rings. The van der Waals surface area contributed by atoms with Gasteiger partial charge in [-0.15, -0.1) is 0 Å². The number of pyridine rings is 1. The number of nitrogens with one attached hydrogen (secondary N) is 1. The first-order valence-corrected chi connectivity index (χ1v) is 9.51. The van der Waals surface area contributed by atoms with Gasteiger partial charge in [0.1, 0.15) is 17.1 Å². The van der Waals surface area contributed by atoms with Crippen LogP contribution >= 0.6 is 0 Å². The summed E-state index contributed by atoms with van der Waals surface area (Å²) in [4.78, 5) is 33.6. The molecule has 0 spiro atoms. The van der Waals surface area contributed by atoms with E-state index in [2.05, 4.69) is 22.1 Å². The lowest BCUT2D eigenvalue weighted by Crippen LogP contribution is -2.48. The predicted octanol–water partition coefficient (Wildman–Crippen LogP) is 1.80. The summed E-state index contributed by atoms with van der Waals surface area (Å²) in [5.74, 6) is 0.261. The number of benzene rings is 1. The van der Waals surface area contributed by atoms with E-state index in [-0.39, 0.29) is 17.5 Å². The van der Waals surface area contributed by atoms with E-state index in [0.29, 0.717) is 31.1 Å². The smallest absolute Gasteiger partial charge is 0.272 e. The van der Waals surface area contributed by atoms with Crippen molar-refractivity contribution in [3.05, 3.63) is 59.4 Å². The summed E-state index contributed by atoms with van der Waals surface area (Å²) >= 11 is 0. The van der Waals surface area contributed by atoms with Gasteiger partial charge in [-0.2, -0.15) is 0 Å². The number of aromatic nitrogens is 1. The number of likely N-dealkylation sites (N-methyl/N-ethyl adjacent to an activating group) is 1. The van der Waals surface area contributed by atoms with Gasteiger partial charge in [0.15, 0.2) is 0 Å². The van der Waals surface area contributed by atoms with Crippen molar-refractivity contribution in [3.8, 4) is 5.75 Å². The summed E-state index contributed by atoms with van der Waals surface area (Å²) in [6.07, 6.45) is 0. The third kappa shape index (κ3) is 4.67. The number of methoxy groups -OCH3 is 1. The molecule has 0 radical (unpaired) electrons. The number of carbonyl (C=O) groups is 2. The van der Waals surface area contributed by atoms with Crippen molar-refractivity contribution in [2.24, 2.45) is 0 Å². The lowest BCUT2D eigenvalue weighted by atomic mass is 10.2. The summed E-state index contributed by atoms with van der Waals surface area (Å²) in [7, 11) is 1.59. The highest BCUT2D eigenvalue weighted by atomic mass is 16.5. The molecule has 0 unspecified atom stereocenters. The molecule has 1 aliphatic rings. The van der Waals surface area contributed by atoms with Crippen LogP contribution in [-0.4, -0.2) is 66.4 Å². The van der Waals surface area contributed by atoms with Gasteiger partial charge in [-0.25, -0.2) is 4.98 Å². The van der Waals surface area contributed by atoms with E-state index >= 15 is 0 Å². The Hall–Kier alpha value is -2.93. The van der Waals surface area contributed by atoms with Gasteiger partial charge in [-0.3, -0.25) is 9.59 Å². The first-order chi connectivity index (χ1) is 13.6. The summed E-state index contributed by atoms with van der Waals surface area (Å²) < 4.78 is 5.30. The van der Waals surface area contributed by atoms with Crippen molar-refractivity contribution < 1.29 is 14.3 Å². The third-order valence-corrected chi connectivity index (χ3v) is 4.94. The van der Waals surface area contributed by atoms with Crippen molar-refractivity contribution in [2.75, 3.05) is 39.8 Å². The van der Waals surface area contributed by atoms with E-state index in [9.17, 15) is 9.59 Å². The van der Waals surface area contributed by atoms with Gasteiger partial charge in [0.2, 0.25) is 0 Å². The topological polar surface area (TPSA) is 74.8 Å². The zero-order valence-corrected chi connectivity index (χ0v) is 16.4. The van der Waals surface area contributed by atoms with Crippen molar-refractivity contribution in [1.29, 1.82) is 0 Å². The molecule has 0 aliphatic carbocycles. The molecule has 0 atom stereocenters. The molecule has 1 saturated heterocycles. The largest absolute Gasteiger partial charge is 0.496 e. The maximum Gasteiger partial charge on any atom is 0.272 e. The van der Waals surface area contributed by atoms with Gasteiger partial charge in [-0.1, -0.05) is 31.2 Å². The Bertz CT molecular complexity index is 832. The molecule has 0 bridgehead atoms. The molecule has 1 aliphatic heterocycles. The van der Waals surface area contributed by atoms with E-state index in [0.717, 1.165) is 25.2 Å². The highest BCUT2D eigenvalue weighted by Crippen LogP contribution is 2.17. The molecule has 1 aromatic heterocycles. The number of rotatable bonds is 6. The molecule has 0 saturated carbocycles. The minimum Gasteiger partial charge on any atom is -0.496 e. The molecule has 1 aromatic carbocycles. The third-order valence-electron chi connectivity index (χ3n) is 4.94. The molecular weight excluding hydrogens is 356 g/mol. The van der Waals surface area contributed by atoms with Gasteiger partial charge in [0.25, 0.3) is 11.8 Å². The fourth-order valence-electron chi connectivity index (χ4n) is 3.22. The van der Waals surface area contributed by atoms with Gasteiger partial charge >= 0.3 is 0 Å². The molecule has 148 valence electrons. The number of hydrogen-bond acceptors (Lipinski definition) is 5. The second-order valence-corrected chi connectivity index (χ2v) is 6.63. The maximum atomic E-state index is 12.7. The molecule has 2 heterocycles. The van der Waals surface area contributed by atoms with Crippen LogP contribution in [0.4, 0.5) is 0 Å². The van der Waals surface area contributed by atoms with Crippen LogP contribution in [0.5, 0.6) is 5.75 Å². The number of nitrogens with zero attached hydrogens (tertiary/aromatic N) is 3. The number of carbonyl (C=O) groups excluding carboxylic acids is 2. The number of ether oxygens (including phenoxy) is 1. The Kier molecular flexibility index (Phi) is 6.60. The number of amides is 2. The summed E-state index contributed by atoms with van der Waals surface area (Å²) in [5, 5.41) is 2.84. The van der Waals surface area contributed by atoms with Crippen molar-refractivity contribution in [3.63, 3.8) is 0 Å². The van der Waals surface area contributed by atoms with E-state index in [1.165, 1.54) is 0 Å². The molecule has 1 N–H and O–H groups in total. The SMILES string of the molecule is CCN1CCN(C(=O)c2cccc(C(=O)NCc3ccccc3OC)n2)CC1. The molecule has 2 amide bonds. The molecule has 7 heteroatoms. The Morgan fingerprint density at radius 3 is 2.46 bits per heavy atom. The number of hydrogen-bond donors (Lipinski definition) is 1. The molecule has 7 nitrogen and oxygen atoms in total. The summed E-state index contributed by atoms with van der Waals surface area (Å²) in [6.45, 7) is 6.51. The van der Waals surface area contributed by atoms with Crippen LogP contribution in [0.1, 0.15) is 33.5 Å². The van der Waals surface area contributed by atoms with E-state index in [1.807, 2.05) is 24.3 Å². The zero-order chi connectivity index (χ0) is 19.9. The van der Waals surface area contributed by atoms with Gasteiger partial charge in [0.05, 0.1) is 7.11 Å². The van der Waals surface area contributed by atoms with Crippen LogP contribution in [0.15, 0.2) is 42.5 Å². The second kappa shape index (κ2) is 9.32. The molecule has 3 rings (SSSR count). The normalized spacial score (nSPS) is 14.6. The predicted molar refractivity (Wildman–Crippen MR) is 106 cm³/mol. The van der Waals surface area contributed by atoms with Crippen LogP contribution in [-0.2, 0) is 6.54 Å². The fourth-order valence-corrected chi connectivity index (χ4v) is 3.22. The zero-order valence-electron chi connectivity index (χ0n) is 16.4. The Balaban J connectivity index is 1.64. The van der Waals surface area contributed by atoms with Crippen molar-refractivity contribution in [2.45, 2.75) is 13.5 Å². The van der Waals surface area contributed by atoms with Gasteiger partial charge in [-0.05, 0) is 24.7 Å². The van der Waals surface area contributed by atoms with Gasteiger partial charge < -0.3 is 19.9 Å². The van der Waals surface area contributed by atoms with Crippen molar-refractivity contribution in [1.82, 2.24) is 20.1 Å². The van der Waals surface area contributed by atoms with Gasteiger partial charge in [0, 0.05) is 38.3 Å². The van der Waals surface area contributed by atoms with Crippen LogP contribution in [0, 0.1) is 0 Å². The standard InChI is InChI=1S/C21H26N4O3/c1-3-24-11-13-25(14-12-24)21(27)18-9-6-8-17(23-18)20(26)22-15-16-7-4-5-10-19(16)28-2/h4-10H,3,11-15H2,1-2H3,(H,22,26). The van der Waals surface area contributed by atoms with Crippen LogP contribution in [0.25, 0.3) is 0 Å². The molecule has 28 heavy (non-hydrogen) atoms. The van der Waals surface area contributed by atoms with Crippen LogP contribution in [0.2, 0.25) is 0 Å². The lowest BCUT2D eigenvalue weighted by molar-refractivity contribution is 0.0637. The maximum absolute atomic E-state index is 12.7. The Morgan fingerprint density at radius 1 is 1.04 bits per heavy atom. The number of piperazine rings is 1. The average Bonchev–Trinajstić information content (AvgIpc) is 2.77. The second-order valence-electron chi connectivity index (χ2n) is 6.63. The summed E-state index contributed by atoms with van der Waals surface area (Å²) in [5.41, 5.74) is 1.40. The molecular formula is C21H26N4O3. The van der Waals surface area contributed by atoms with E-state index < -0.39 is 0 Å². The highest BCUT2D eigenvalue weighted by Gasteiger charge is 2.23. The van der Waals surface area contributed by atoms with E-state index in [4.69, 9.17) is 4.74 Å².